The topological polar surface area (TPSA) is 66.8 Å². The van der Waals surface area contributed by atoms with Crippen molar-refractivity contribution in [3.63, 3.8) is 0 Å². The Morgan fingerprint density at radius 1 is 1.23 bits per heavy atom. The SMILES string of the molecule is Cc1ccsc1C1/C(=C(/O)c2ccc(Cl)c(Cl)c2)C(=O)C(=O)N1CCCOC(C)C. The number of aryl methyl sites for hydroxylation is 1. The maximum atomic E-state index is 12.9. The van der Waals surface area contributed by atoms with Crippen LogP contribution in [0.25, 0.3) is 5.76 Å². The standard InChI is InChI=1S/C22H23Cl2NO4S/c1-12(2)29-9-4-8-25-18(21-13(3)7-10-30-21)17(20(27)22(25)28)19(26)14-5-6-15(23)16(24)11-14/h5-7,10-12,18,26H,4,8-9H2,1-3H3/b19-17-. The van der Waals surface area contributed by atoms with Gasteiger partial charge < -0.3 is 14.7 Å². The van der Waals surface area contributed by atoms with Gasteiger partial charge in [0, 0.05) is 23.6 Å². The van der Waals surface area contributed by atoms with Crippen LogP contribution in [0.1, 0.15) is 42.3 Å². The van der Waals surface area contributed by atoms with E-state index in [0.717, 1.165) is 10.4 Å². The van der Waals surface area contributed by atoms with Gasteiger partial charge in [-0.15, -0.1) is 11.3 Å². The molecule has 8 heteroatoms. The minimum Gasteiger partial charge on any atom is -0.507 e. The summed E-state index contributed by atoms with van der Waals surface area (Å²) in [5.41, 5.74) is 1.36. The monoisotopic (exact) mass is 467 g/mol. The van der Waals surface area contributed by atoms with Crippen LogP contribution in [0.4, 0.5) is 0 Å². The number of benzene rings is 1. The van der Waals surface area contributed by atoms with Crippen LogP contribution < -0.4 is 0 Å². The molecule has 1 aliphatic heterocycles. The summed E-state index contributed by atoms with van der Waals surface area (Å²) >= 11 is 13.5. The van der Waals surface area contributed by atoms with Gasteiger partial charge in [0.25, 0.3) is 11.7 Å². The lowest BCUT2D eigenvalue weighted by atomic mass is 9.98. The van der Waals surface area contributed by atoms with Crippen molar-refractivity contribution in [2.45, 2.75) is 39.3 Å². The largest absolute Gasteiger partial charge is 0.507 e. The van der Waals surface area contributed by atoms with Crippen LogP contribution in [0.2, 0.25) is 10.0 Å². The highest BCUT2D eigenvalue weighted by Gasteiger charge is 2.46. The number of hydrogen-bond acceptors (Lipinski definition) is 5. The first kappa shape index (κ1) is 22.8. The van der Waals surface area contributed by atoms with Gasteiger partial charge in [0.1, 0.15) is 5.76 Å². The van der Waals surface area contributed by atoms with Crippen molar-refractivity contribution in [2.24, 2.45) is 0 Å². The maximum Gasteiger partial charge on any atom is 0.295 e. The number of hydrogen-bond donors (Lipinski definition) is 1. The van der Waals surface area contributed by atoms with Crippen LogP contribution in [0.3, 0.4) is 0 Å². The first-order valence-electron chi connectivity index (χ1n) is 9.61. The molecule has 30 heavy (non-hydrogen) atoms. The Morgan fingerprint density at radius 2 is 1.97 bits per heavy atom. The van der Waals surface area contributed by atoms with Gasteiger partial charge in [0.2, 0.25) is 0 Å². The van der Waals surface area contributed by atoms with E-state index in [1.807, 2.05) is 32.2 Å². The zero-order chi connectivity index (χ0) is 22.0. The molecule has 1 saturated heterocycles. The van der Waals surface area contributed by atoms with Crippen molar-refractivity contribution in [3.8, 4) is 0 Å². The Bertz CT molecular complexity index is 999. The predicted octanol–water partition coefficient (Wildman–Crippen LogP) is 5.60. The van der Waals surface area contributed by atoms with Crippen LogP contribution in [-0.4, -0.2) is 41.0 Å². The lowest BCUT2D eigenvalue weighted by Gasteiger charge is -2.25. The zero-order valence-electron chi connectivity index (χ0n) is 16.9. The van der Waals surface area contributed by atoms with Gasteiger partial charge >= 0.3 is 0 Å². The molecule has 3 rings (SSSR count). The average Bonchev–Trinajstić information content (AvgIpc) is 3.22. The van der Waals surface area contributed by atoms with Gasteiger partial charge in [-0.25, -0.2) is 0 Å². The number of rotatable bonds is 7. The number of carbonyl (C=O) groups excluding carboxylic acids is 2. The molecule has 1 aromatic carbocycles. The van der Waals surface area contributed by atoms with E-state index >= 15 is 0 Å². The highest BCUT2D eigenvalue weighted by molar-refractivity contribution is 7.10. The molecular formula is C22H23Cl2NO4S. The molecular weight excluding hydrogens is 445 g/mol. The second-order valence-electron chi connectivity index (χ2n) is 7.36. The maximum absolute atomic E-state index is 12.9. The van der Waals surface area contributed by atoms with E-state index in [-0.39, 0.29) is 22.5 Å². The van der Waals surface area contributed by atoms with Gasteiger partial charge in [-0.2, -0.15) is 0 Å². The molecule has 0 aliphatic carbocycles. The Morgan fingerprint density at radius 3 is 2.57 bits per heavy atom. The number of ether oxygens (including phenoxy) is 1. The molecule has 5 nitrogen and oxygen atoms in total. The van der Waals surface area contributed by atoms with E-state index in [1.54, 1.807) is 12.1 Å². The molecule has 1 atom stereocenters. The van der Waals surface area contributed by atoms with Gasteiger partial charge in [0.15, 0.2) is 0 Å². The van der Waals surface area contributed by atoms with Crippen LogP contribution in [0, 0.1) is 6.92 Å². The molecule has 160 valence electrons. The third kappa shape index (κ3) is 4.57. The number of aliphatic hydroxyl groups is 1. The molecule has 1 unspecified atom stereocenters. The molecule has 0 spiro atoms. The van der Waals surface area contributed by atoms with Crippen LogP contribution in [0.5, 0.6) is 0 Å². The molecule has 2 aromatic rings. The second kappa shape index (κ2) is 9.52. The van der Waals surface area contributed by atoms with Gasteiger partial charge in [-0.1, -0.05) is 23.2 Å². The number of nitrogens with zero attached hydrogens (tertiary/aromatic N) is 1. The summed E-state index contributed by atoms with van der Waals surface area (Å²) in [6.07, 6.45) is 0.671. The van der Waals surface area contributed by atoms with E-state index in [1.165, 1.54) is 22.3 Å². The van der Waals surface area contributed by atoms with Crippen molar-refractivity contribution in [3.05, 3.63) is 61.3 Å². The molecule has 1 N–H and O–H groups in total. The molecule has 1 aromatic heterocycles. The predicted molar refractivity (Wildman–Crippen MR) is 120 cm³/mol. The van der Waals surface area contributed by atoms with Crippen LogP contribution in [-0.2, 0) is 14.3 Å². The van der Waals surface area contributed by atoms with Crippen molar-refractivity contribution >= 4 is 52.0 Å². The number of likely N-dealkylation sites (tertiary alicyclic amines) is 1. The van der Waals surface area contributed by atoms with Crippen LogP contribution in [0.15, 0.2) is 35.2 Å². The molecule has 1 aliphatic rings. The number of aliphatic hydroxyl groups excluding tert-OH is 1. The smallest absolute Gasteiger partial charge is 0.295 e. The lowest BCUT2D eigenvalue weighted by Crippen LogP contribution is -2.31. The first-order chi connectivity index (χ1) is 14.2. The number of amides is 1. The fourth-order valence-electron chi connectivity index (χ4n) is 3.40. The Hall–Kier alpha value is -1.86. The Balaban J connectivity index is 2.04. The quantitative estimate of drug-likeness (QED) is 0.249. The molecule has 0 bridgehead atoms. The second-order valence-corrected chi connectivity index (χ2v) is 9.12. The minimum atomic E-state index is -0.707. The summed E-state index contributed by atoms with van der Waals surface area (Å²) in [7, 11) is 0. The van der Waals surface area contributed by atoms with Crippen molar-refractivity contribution in [1.29, 1.82) is 0 Å². The number of carbonyl (C=O) groups is 2. The van der Waals surface area contributed by atoms with Crippen LogP contribution >= 0.6 is 34.5 Å². The third-order valence-corrected chi connectivity index (χ3v) is 6.69. The summed E-state index contributed by atoms with van der Waals surface area (Å²) in [5.74, 6) is -1.59. The van der Waals surface area contributed by atoms with Gasteiger partial charge in [-0.05, 0) is 62.4 Å². The summed E-state index contributed by atoms with van der Waals surface area (Å²) < 4.78 is 5.57. The molecule has 1 amide bonds. The van der Waals surface area contributed by atoms with Crippen molar-refractivity contribution in [1.82, 2.24) is 4.90 Å². The number of halogens is 2. The summed E-state index contributed by atoms with van der Waals surface area (Å²) in [5, 5.41) is 13.5. The van der Waals surface area contributed by atoms with E-state index in [0.29, 0.717) is 30.2 Å². The third-order valence-electron chi connectivity index (χ3n) is 4.88. The van der Waals surface area contributed by atoms with Gasteiger partial charge in [0.05, 0.1) is 27.8 Å². The fraction of sp³-hybridized carbons (Fsp3) is 0.364. The molecule has 0 radical (unpaired) electrons. The number of thiophene rings is 1. The minimum absolute atomic E-state index is 0.0636. The zero-order valence-corrected chi connectivity index (χ0v) is 19.3. The van der Waals surface area contributed by atoms with Crippen molar-refractivity contribution < 1.29 is 19.4 Å². The normalized spacial score (nSPS) is 18.6. The summed E-state index contributed by atoms with van der Waals surface area (Å²) in [4.78, 5) is 28.2. The number of Topliss-reactive ketones (excluding diaryl/α,β-unsaturated/α-hetero) is 1. The summed E-state index contributed by atoms with van der Waals surface area (Å²) in [6, 6.07) is 5.89. The summed E-state index contributed by atoms with van der Waals surface area (Å²) in [6.45, 7) is 6.63. The molecule has 1 fully saturated rings. The van der Waals surface area contributed by atoms with E-state index in [4.69, 9.17) is 27.9 Å². The van der Waals surface area contributed by atoms with E-state index in [2.05, 4.69) is 0 Å². The average molecular weight is 468 g/mol. The van der Waals surface area contributed by atoms with Gasteiger partial charge in [-0.3, -0.25) is 9.59 Å². The number of ketones is 1. The lowest BCUT2D eigenvalue weighted by molar-refractivity contribution is -0.140. The molecule has 2 heterocycles. The van der Waals surface area contributed by atoms with Crippen molar-refractivity contribution in [2.75, 3.05) is 13.2 Å². The Labute approximate surface area is 189 Å². The fourth-order valence-corrected chi connectivity index (χ4v) is 4.75. The molecule has 0 saturated carbocycles. The first-order valence-corrected chi connectivity index (χ1v) is 11.2. The van der Waals surface area contributed by atoms with E-state index < -0.39 is 17.7 Å². The highest BCUT2D eigenvalue weighted by atomic mass is 35.5. The highest BCUT2D eigenvalue weighted by Crippen LogP contribution is 2.43. The van der Waals surface area contributed by atoms with E-state index in [9.17, 15) is 14.7 Å². The Kier molecular flexibility index (Phi) is 7.24.